The molecule has 0 amide bonds. The predicted molar refractivity (Wildman–Crippen MR) is 91.8 cm³/mol. The van der Waals surface area contributed by atoms with Crippen LogP contribution in [0.2, 0.25) is 0 Å². The zero-order chi connectivity index (χ0) is 16.7. The van der Waals surface area contributed by atoms with E-state index in [0.717, 1.165) is 32.1 Å². The quantitative estimate of drug-likeness (QED) is 0.799. The molecule has 2 unspecified atom stereocenters. The van der Waals surface area contributed by atoms with E-state index in [4.69, 9.17) is 0 Å². The topological polar surface area (TPSA) is 61.1 Å². The summed E-state index contributed by atoms with van der Waals surface area (Å²) in [4.78, 5) is 11.8. The molecule has 1 fully saturated rings. The Labute approximate surface area is 144 Å². The van der Waals surface area contributed by atoms with E-state index in [1.54, 1.807) is 5.57 Å². The number of allylic oxidation sites excluding steroid dienone is 4. The van der Waals surface area contributed by atoms with Crippen LogP contribution in [0.3, 0.4) is 0 Å². The zero-order valence-corrected chi connectivity index (χ0v) is 14.3. The normalized spacial score (nSPS) is 39.0. The van der Waals surface area contributed by atoms with Crippen LogP contribution in [0.15, 0.2) is 23.3 Å². The third-order valence-electron chi connectivity index (χ3n) is 7.54. The van der Waals surface area contributed by atoms with Gasteiger partial charge in [-0.1, -0.05) is 23.3 Å². The molecular weight excluding hydrogens is 298 g/mol. The second-order valence-electron chi connectivity index (χ2n) is 8.32. The molecule has 4 rings (SSSR count). The molecule has 0 spiro atoms. The molecule has 4 aliphatic rings. The molecule has 3 nitrogen and oxygen atoms in total. The Balaban J connectivity index is 1.64. The Hall–Kier alpha value is -1.40. The molecule has 0 aromatic rings. The molecule has 5 atom stereocenters. The van der Waals surface area contributed by atoms with E-state index in [-0.39, 0.29) is 17.9 Å². The highest BCUT2D eigenvalue weighted by atomic mass is 16.3. The number of ketones is 1. The van der Waals surface area contributed by atoms with E-state index in [1.807, 2.05) is 0 Å². The summed E-state index contributed by atoms with van der Waals surface area (Å²) in [6.45, 7) is 0.131. The Morgan fingerprint density at radius 3 is 3.00 bits per heavy atom. The monoisotopic (exact) mass is 325 g/mol. The van der Waals surface area contributed by atoms with Crippen molar-refractivity contribution in [3.63, 3.8) is 0 Å². The fraction of sp³-hybridized carbons (Fsp3) is 0.714. The van der Waals surface area contributed by atoms with Gasteiger partial charge in [0.2, 0.25) is 0 Å². The number of rotatable bonds is 3. The SMILES string of the molecule is N#CCC(CO)C12CC=C[C@H]1[C@@H]1CCC3=C(CCC(=O)C3)[C@H]1CC2. The summed E-state index contributed by atoms with van der Waals surface area (Å²) in [5.41, 5.74) is 3.17. The Bertz CT molecular complexity index is 641. The average molecular weight is 325 g/mol. The zero-order valence-electron chi connectivity index (χ0n) is 14.3. The first-order chi connectivity index (χ1) is 11.7. The largest absolute Gasteiger partial charge is 0.396 e. The van der Waals surface area contributed by atoms with Crippen LogP contribution < -0.4 is 0 Å². The van der Waals surface area contributed by atoms with E-state index in [1.165, 1.54) is 18.4 Å². The summed E-state index contributed by atoms with van der Waals surface area (Å²) in [7, 11) is 0. The van der Waals surface area contributed by atoms with E-state index in [0.29, 0.717) is 36.4 Å². The van der Waals surface area contributed by atoms with Gasteiger partial charge in [-0.05, 0) is 61.7 Å². The summed E-state index contributed by atoms with van der Waals surface area (Å²) in [5.74, 6) is 2.33. The number of carbonyl (C=O) groups excluding carboxylic acids is 1. The van der Waals surface area contributed by atoms with Gasteiger partial charge < -0.3 is 5.11 Å². The summed E-state index contributed by atoms with van der Waals surface area (Å²) in [6, 6.07) is 2.31. The van der Waals surface area contributed by atoms with Crippen molar-refractivity contribution in [2.24, 2.45) is 29.1 Å². The van der Waals surface area contributed by atoms with Crippen molar-refractivity contribution in [2.45, 2.75) is 57.8 Å². The van der Waals surface area contributed by atoms with E-state index in [9.17, 15) is 15.2 Å². The maximum Gasteiger partial charge on any atom is 0.137 e. The first-order valence-electron chi connectivity index (χ1n) is 9.56. The first kappa shape index (κ1) is 16.1. The standard InChI is InChI=1S/C21H27NO2/c22-11-8-15(13-23)21-9-1-2-20(21)19-5-3-14-12-16(24)4-6-17(14)18(19)7-10-21/h1-2,15,18-20,23H,3-10,12-13H2/t15?,18-,19-,20+,21?/m1/s1. The van der Waals surface area contributed by atoms with Crippen LogP contribution in [0, 0.1) is 40.4 Å². The minimum atomic E-state index is 0.103. The average Bonchev–Trinajstić information content (AvgIpc) is 3.04. The van der Waals surface area contributed by atoms with Crippen LogP contribution >= 0.6 is 0 Å². The third kappa shape index (κ3) is 2.30. The van der Waals surface area contributed by atoms with Crippen molar-refractivity contribution in [3.8, 4) is 6.07 Å². The lowest BCUT2D eigenvalue weighted by Gasteiger charge is -2.54. The predicted octanol–water partition coefficient (Wildman–Crippen LogP) is 3.94. The lowest BCUT2D eigenvalue weighted by Crippen LogP contribution is -2.47. The molecule has 1 N–H and O–H groups in total. The summed E-state index contributed by atoms with van der Waals surface area (Å²) in [6.07, 6.45) is 13.2. The van der Waals surface area contributed by atoms with Crippen molar-refractivity contribution >= 4 is 5.78 Å². The number of aliphatic hydroxyl groups is 1. The fourth-order valence-corrected chi connectivity index (χ4v) is 6.43. The van der Waals surface area contributed by atoms with Gasteiger partial charge in [0.1, 0.15) is 5.78 Å². The number of nitriles is 1. The third-order valence-corrected chi connectivity index (χ3v) is 7.54. The van der Waals surface area contributed by atoms with Gasteiger partial charge in [0.25, 0.3) is 0 Å². The van der Waals surface area contributed by atoms with Gasteiger partial charge in [-0.3, -0.25) is 4.79 Å². The molecule has 0 heterocycles. The number of hydrogen-bond acceptors (Lipinski definition) is 3. The number of fused-ring (bicyclic) bond motifs is 4. The van der Waals surface area contributed by atoms with Crippen molar-refractivity contribution in [1.82, 2.24) is 0 Å². The molecule has 0 radical (unpaired) electrons. The molecular formula is C21H27NO2. The fourth-order valence-electron chi connectivity index (χ4n) is 6.43. The first-order valence-corrected chi connectivity index (χ1v) is 9.56. The molecule has 4 aliphatic carbocycles. The maximum absolute atomic E-state index is 11.8. The molecule has 24 heavy (non-hydrogen) atoms. The lowest BCUT2D eigenvalue weighted by molar-refractivity contribution is -0.119. The minimum Gasteiger partial charge on any atom is -0.396 e. The number of aliphatic hydroxyl groups excluding tert-OH is 1. The van der Waals surface area contributed by atoms with Gasteiger partial charge in [-0.25, -0.2) is 0 Å². The molecule has 0 aromatic carbocycles. The van der Waals surface area contributed by atoms with Crippen LogP contribution in [0.4, 0.5) is 0 Å². The minimum absolute atomic E-state index is 0.103. The summed E-state index contributed by atoms with van der Waals surface area (Å²) < 4.78 is 0. The molecule has 0 aliphatic heterocycles. The number of hydrogen-bond donors (Lipinski definition) is 1. The summed E-state index contributed by atoms with van der Waals surface area (Å²) in [5, 5.41) is 19.1. The number of nitrogens with zero attached hydrogens (tertiary/aromatic N) is 1. The van der Waals surface area contributed by atoms with Crippen LogP contribution in [0.5, 0.6) is 0 Å². The van der Waals surface area contributed by atoms with Crippen molar-refractivity contribution < 1.29 is 9.90 Å². The van der Waals surface area contributed by atoms with Crippen LogP contribution in [-0.4, -0.2) is 17.5 Å². The van der Waals surface area contributed by atoms with Gasteiger partial charge in [-0.2, -0.15) is 5.26 Å². The van der Waals surface area contributed by atoms with Crippen LogP contribution in [0.25, 0.3) is 0 Å². The summed E-state index contributed by atoms with van der Waals surface area (Å²) >= 11 is 0. The van der Waals surface area contributed by atoms with Gasteiger partial charge in [0, 0.05) is 31.8 Å². The van der Waals surface area contributed by atoms with Crippen molar-refractivity contribution in [3.05, 3.63) is 23.3 Å². The Morgan fingerprint density at radius 1 is 1.33 bits per heavy atom. The molecule has 0 bridgehead atoms. The molecule has 3 heteroatoms. The van der Waals surface area contributed by atoms with E-state index >= 15 is 0 Å². The smallest absolute Gasteiger partial charge is 0.137 e. The van der Waals surface area contributed by atoms with E-state index in [2.05, 4.69) is 18.2 Å². The molecule has 128 valence electrons. The molecule has 1 saturated carbocycles. The number of Topliss-reactive ketones (excluding diaryl/α,β-unsaturated/α-hetero) is 1. The van der Waals surface area contributed by atoms with Crippen LogP contribution in [-0.2, 0) is 4.79 Å². The highest BCUT2D eigenvalue weighted by Gasteiger charge is 2.54. The number of carbonyl (C=O) groups is 1. The highest BCUT2D eigenvalue weighted by Crippen LogP contribution is 2.62. The van der Waals surface area contributed by atoms with E-state index < -0.39 is 0 Å². The van der Waals surface area contributed by atoms with Gasteiger partial charge in [0.15, 0.2) is 0 Å². The van der Waals surface area contributed by atoms with Crippen LogP contribution in [0.1, 0.15) is 57.8 Å². The second-order valence-corrected chi connectivity index (χ2v) is 8.32. The van der Waals surface area contributed by atoms with Crippen molar-refractivity contribution in [1.29, 1.82) is 5.26 Å². The molecule has 0 saturated heterocycles. The Kier molecular flexibility index (Phi) is 4.12. The highest BCUT2D eigenvalue weighted by molar-refractivity contribution is 5.82. The van der Waals surface area contributed by atoms with Gasteiger partial charge >= 0.3 is 0 Å². The maximum atomic E-state index is 11.8. The van der Waals surface area contributed by atoms with Gasteiger partial charge in [-0.15, -0.1) is 0 Å². The Morgan fingerprint density at radius 2 is 2.21 bits per heavy atom. The lowest BCUT2D eigenvalue weighted by atomic mass is 9.50. The second kappa shape index (κ2) is 6.15. The molecule has 0 aromatic heterocycles. The van der Waals surface area contributed by atoms with Gasteiger partial charge in [0.05, 0.1) is 6.07 Å². The van der Waals surface area contributed by atoms with Crippen molar-refractivity contribution in [2.75, 3.05) is 6.61 Å².